The van der Waals surface area contributed by atoms with Gasteiger partial charge in [0.05, 0.1) is 12.3 Å². The Hall–Kier alpha value is -2.08. The van der Waals surface area contributed by atoms with E-state index in [1.54, 1.807) is 4.90 Å². The third-order valence-electron chi connectivity index (χ3n) is 4.03. The molecule has 2 aromatic carbocycles. The molecule has 1 aliphatic heterocycles. The van der Waals surface area contributed by atoms with Crippen LogP contribution in [0.1, 0.15) is 16.5 Å². The van der Waals surface area contributed by atoms with E-state index in [2.05, 4.69) is 0 Å². The Labute approximate surface area is 144 Å². The SMILES string of the molecule is CN(C)c1ccc(C2SCC(=O)N2Cc2cccc(F)c2F)cc1. The fraction of sp³-hybridized carbons (Fsp3) is 0.278. The minimum absolute atomic E-state index is 0.0645. The van der Waals surface area contributed by atoms with Gasteiger partial charge in [0.2, 0.25) is 5.91 Å². The van der Waals surface area contributed by atoms with Crippen molar-refractivity contribution in [3.05, 3.63) is 65.2 Å². The summed E-state index contributed by atoms with van der Waals surface area (Å²) in [5.41, 5.74) is 2.24. The first-order chi connectivity index (χ1) is 11.5. The number of hydrogen-bond acceptors (Lipinski definition) is 3. The van der Waals surface area contributed by atoms with Crippen molar-refractivity contribution in [2.24, 2.45) is 0 Å². The molecule has 0 saturated carbocycles. The molecule has 1 atom stereocenters. The molecule has 0 aliphatic carbocycles. The largest absolute Gasteiger partial charge is 0.378 e. The maximum absolute atomic E-state index is 13.9. The molecule has 0 aromatic heterocycles. The third kappa shape index (κ3) is 3.24. The summed E-state index contributed by atoms with van der Waals surface area (Å²) in [6, 6.07) is 12.0. The van der Waals surface area contributed by atoms with E-state index in [1.807, 2.05) is 43.3 Å². The van der Waals surface area contributed by atoms with Crippen molar-refractivity contribution in [2.45, 2.75) is 11.9 Å². The summed E-state index contributed by atoms with van der Waals surface area (Å²) < 4.78 is 27.3. The lowest BCUT2D eigenvalue weighted by Gasteiger charge is -2.25. The Morgan fingerprint density at radius 1 is 1.17 bits per heavy atom. The van der Waals surface area contributed by atoms with Crippen LogP contribution in [0.15, 0.2) is 42.5 Å². The highest BCUT2D eigenvalue weighted by molar-refractivity contribution is 8.00. The molecule has 126 valence electrons. The van der Waals surface area contributed by atoms with Crippen LogP contribution in [0.3, 0.4) is 0 Å². The molecule has 1 aliphatic rings. The zero-order chi connectivity index (χ0) is 17.3. The third-order valence-corrected chi connectivity index (χ3v) is 5.29. The van der Waals surface area contributed by atoms with Crippen molar-refractivity contribution in [3.8, 4) is 0 Å². The second-order valence-electron chi connectivity index (χ2n) is 5.88. The van der Waals surface area contributed by atoms with Crippen LogP contribution in [0.5, 0.6) is 0 Å². The van der Waals surface area contributed by atoms with Crippen LogP contribution >= 0.6 is 11.8 Å². The predicted octanol–water partition coefficient (Wildman–Crippen LogP) is 3.81. The van der Waals surface area contributed by atoms with Crippen molar-refractivity contribution in [1.82, 2.24) is 4.90 Å². The number of carbonyl (C=O) groups is 1. The monoisotopic (exact) mass is 348 g/mol. The smallest absolute Gasteiger partial charge is 0.234 e. The van der Waals surface area contributed by atoms with Gasteiger partial charge in [-0.1, -0.05) is 24.3 Å². The number of hydrogen-bond donors (Lipinski definition) is 0. The summed E-state index contributed by atoms with van der Waals surface area (Å²) in [6.07, 6.45) is 0. The maximum atomic E-state index is 13.9. The second-order valence-corrected chi connectivity index (χ2v) is 6.95. The minimum atomic E-state index is -0.890. The molecule has 0 radical (unpaired) electrons. The lowest BCUT2D eigenvalue weighted by Crippen LogP contribution is -2.28. The molecule has 24 heavy (non-hydrogen) atoms. The van der Waals surface area contributed by atoms with Gasteiger partial charge in [-0.25, -0.2) is 8.78 Å². The summed E-state index contributed by atoms with van der Waals surface area (Å²) in [4.78, 5) is 15.8. The fourth-order valence-electron chi connectivity index (χ4n) is 2.69. The normalized spacial score (nSPS) is 17.4. The Balaban J connectivity index is 1.85. The Morgan fingerprint density at radius 3 is 2.54 bits per heavy atom. The highest BCUT2D eigenvalue weighted by Gasteiger charge is 2.33. The van der Waals surface area contributed by atoms with Crippen LogP contribution in [-0.2, 0) is 11.3 Å². The topological polar surface area (TPSA) is 23.6 Å². The van der Waals surface area contributed by atoms with Crippen LogP contribution in [0, 0.1) is 11.6 Å². The zero-order valence-electron chi connectivity index (χ0n) is 13.5. The average molecular weight is 348 g/mol. The van der Waals surface area contributed by atoms with E-state index in [1.165, 1.54) is 23.9 Å². The van der Waals surface area contributed by atoms with E-state index in [9.17, 15) is 13.6 Å². The number of anilines is 1. The van der Waals surface area contributed by atoms with Gasteiger partial charge in [-0.05, 0) is 23.8 Å². The average Bonchev–Trinajstić information content (AvgIpc) is 2.93. The van der Waals surface area contributed by atoms with Crippen LogP contribution in [0.4, 0.5) is 14.5 Å². The summed E-state index contributed by atoms with van der Waals surface area (Å²) in [5.74, 6) is -1.50. The Morgan fingerprint density at radius 2 is 1.88 bits per heavy atom. The van der Waals surface area contributed by atoms with Crippen molar-refractivity contribution < 1.29 is 13.6 Å². The predicted molar refractivity (Wildman–Crippen MR) is 92.9 cm³/mol. The van der Waals surface area contributed by atoms with Crippen LogP contribution in [-0.4, -0.2) is 30.7 Å². The number of carbonyl (C=O) groups excluding carboxylic acids is 1. The van der Waals surface area contributed by atoms with Gasteiger partial charge in [-0.2, -0.15) is 0 Å². The molecule has 1 unspecified atom stereocenters. The highest BCUT2D eigenvalue weighted by Crippen LogP contribution is 2.40. The number of rotatable bonds is 4. The standard InChI is InChI=1S/C18H18F2N2OS/c1-21(2)14-8-6-12(7-9-14)18-22(16(23)11-24-18)10-13-4-3-5-15(19)17(13)20/h3-9,18H,10-11H2,1-2H3. The number of benzene rings is 2. The molecule has 3 rings (SSSR count). The molecule has 0 bridgehead atoms. The fourth-order valence-corrected chi connectivity index (χ4v) is 3.88. The molecule has 6 heteroatoms. The number of halogens is 2. The van der Waals surface area contributed by atoms with Gasteiger partial charge in [0.15, 0.2) is 11.6 Å². The molecule has 1 saturated heterocycles. The molecule has 1 fully saturated rings. The van der Waals surface area contributed by atoms with E-state index >= 15 is 0 Å². The van der Waals surface area contributed by atoms with Gasteiger partial charge < -0.3 is 9.80 Å². The first-order valence-electron chi connectivity index (χ1n) is 7.58. The highest BCUT2D eigenvalue weighted by atomic mass is 32.2. The van der Waals surface area contributed by atoms with Crippen molar-refractivity contribution in [1.29, 1.82) is 0 Å². The van der Waals surface area contributed by atoms with Crippen molar-refractivity contribution >= 4 is 23.4 Å². The number of thioether (sulfide) groups is 1. The van der Waals surface area contributed by atoms with Gasteiger partial charge in [0.25, 0.3) is 0 Å². The van der Waals surface area contributed by atoms with Crippen molar-refractivity contribution in [3.63, 3.8) is 0 Å². The molecular weight excluding hydrogens is 330 g/mol. The number of amides is 1. The lowest BCUT2D eigenvalue weighted by atomic mass is 10.1. The van der Waals surface area contributed by atoms with Crippen molar-refractivity contribution in [2.75, 3.05) is 24.7 Å². The number of nitrogens with zero attached hydrogens (tertiary/aromatic N) is 2. The van der Waals surface area contributed by atoms with E-state index in [-0.39, 0.29) is 23.4 Å². The molecule has 1 amide bonds. The Kier molecular flexibility index (Phi) is 4.76. The molecule has 2 aromatic rings. The van der Waals surface area contributed by atoms with Gasteiger partial charge in [0, 0.05) is 25.3 Å². The first kappa shape index (κ1) is 16.8. The van der Waals surface area contributed by atoms with Gasteiger partial charge in [-0.15, -0.1) is 11.8 Å². The molecule has 3 nitrogen and oxygen atoms in total. The summed E-state index contributed by atoms with van der Waals surface area (Å²) in [6.45, 7) is 0.0650. The van der Waals surface area contributed by atoms with E-state index in [0.717, 1.165) is 17.3 Å². The Bertz CT molecular complexity index is 749. The quantitative estimate of drug-likeness (QED) is 0.840. The lowest BCUT2D eigenvalue weighted by molar-refractivity contribution is -0.128. The maximum Gasteiger partial charge on any atom is 0.234 e. The van der Waals surface area contributed by atoms with Crippen LogP contribution < -0.4 is 4.90 Å². The molecule has 0 spiro atoms. The van der Waals surface area contributed by atoms with Crippen LogP contribution in [0.25, 0.3) is 0 Å². The van der Waals surface area contributed by atoms with E-state index < -0.39 is 11.6 Å². The molecular formula is C18H18F2N2OS. The van der Waals surface area contributed by atoms with Gasteiger partial charge in [0.1, 0.15) is 5.37 Å². The van der Waals surface area contributed by atoms with E-state index in [0.29, 0.717) is 5.75 Å². The summed E-state index contributed by atoms with van der Waals surface area (Å²) in [7, 11) is 3.92. The second kappa shape index (κ2) is 6.81. The minimum Gasteiger partial charge on any atom is -0.378 e. The van der Waals surface area contributed by atoms with Gasteiger partial charge in [-0.3, -0.25) is 4.79 Å². The molecule has 1 heterocycles. The first-order valence-corrected chi connectivity index (χ1v) is 8.63. The zero-order valence-corrected chi connectivity index (χ0v) is 14.3. The van der Waals surface area contributed by atoms with E-state index in [4.69, 9.17) is 0 Å². The van der Waals surface area contributed by atoms with Crippen LogP contribution in [0.2, 0.25) is 0 Å². The summed E-state index contributed by atoms with van der Waals surface area (Å²) in [5, 5.41) is -0.184. The summed E-state index contributed by atoms with van der Waals surface area (Å²) >= 11 is 1.50. The van der Waals surface area contributed by atoms with Gasteiger partial charge >= 0.3 is 0 Å². The molecule has 0 N–H and O–H groups in total.